The van der Waals surface area contributed by atoms with E-state index in [0.29, 0.717) is 5.82 Å². The molecule has 0 radical (unpaired) electrons. The van der Waals surface area contributed by atoms with Crippen LogP contribution in [0.25, 0.3) is 0 Å². The first kappa shape index (κ1) is 14.1. The van der Waals surface area contributed by atoms with Gasteiger partial charge < -0.3 is 15.3 Å². The first-order chi connectivity index (χ1) is 8.94. The molecule has 0 unspecified atom stereocenters. The molecule has 0 aliphatic heterocycles. The minimum Gasteiger partial charge on any atom is -0.478 e. The van der Waals surface area contributed by atoms with Gasteiger partial charge in [-0.3, -0.25) is 0 Å². The predicted octanol–water partition coefficient (Wildman–Crippen LogP) is 2.33. The molecule has 1 aromatic rings. The van der Waals surface area contributed by atoms with Gasteiger partial charge in [-0.15, -0.1) is 0 Å². The number of halogens is 1. The van der Waals surface area contributed by atoms with Crippen molar-refractivity contribution in [2.45, 2.75) is 24.8 Å². The summed E-state index contributed by atoms with van der Waals surface area (Å²) in [5, 5.41) is 12.4. The molecule has 1 aliphatic rings. The van der Waals surface area contributed by atoms with Gasteiger partial charge in [0.25, 0.3) is 0 Å². The van der Waals surface area contributed by atoms with Gasteiger partial charge in [-0.2, -0.15) is 0 Å². The molecule has 1 saturated carbocycles. The Kier molecular flexibility index (Phi) is 3.96. The Hall–Kier alpha value is -1.33. The second-order valence-corrected chi connectivity index (χ2v) is 5.59. The van der Waals surface area contributed by atoms with E-state index in [2.05, 4.69) is 29.3 Å². The van der Waals surface area contributed by atoms with E-state index in [9.17, 15) is 4.79 Å². The molecule has 0 amide bonds. The SMILES string of the molecule is CN(C)C1(CNc2cc(C(=O)O)c(Cl)cn2)CCC1. The number of aromatic carboxylic acids is 1. The molecule has 0 bridgehead atoms. The van der Waals surface area contributed by atoms with E-state index in [1.807, 2.05) is 0 Å². The van der Waals surface area contributed by atoms with Crippen molar-refractivity contribution in [3.63, 3.8) is 0 Å². The molecule has 19 heavy (non-hydrogen) atoms. The summed E-state index contributed by atoms with van der Waals surface area (Å²) in [6.45, 7) is 0.758. The van der Waals surface area contributed by atoms with Crippen molar-refractivity contribution in [3.8, 4) is 0 Å². The van der Waals surface area contributed by atoms with E-state index < -0.39 is 5.97 Å². The Bertz CT molecular complexity index is 487. The lowest BCUT2D eigenvalue weighted by atomic mass is 9.75. The smallest absolute Gasteiger partial charge is 0.337 e. The molecule has 104 valence electrons. The standard InChI is InChI=1S/C13H18ClN3O2/c1-17(2)13(4-3-5-13)8-16-11-6-9(12(18)19)10(14)7-15-11/h6-7H,3-5,8H2,1-2H3,(H,15,16)(H,18,19). The Morgan fingerprint density at radius 1 is 1.58 bits per heavy atom. The Labute approximate surface area is 117 Å². The van der Waals surface area contributed by atoms with Crippen LogP contribution >= 0.6 is 11.6 Å². The van der Waals surface area contributed by atoms with Gasteiger partial charge in [0.2, 0.25) is 0 Å². The van der Waals surface area contributed by atoms with Gasteiger partial charge in [-0.25, -0.2) is 9.78 Å². The number of rotatable bonds is 5. The van der Waals surface area contributed by atoms with Gasteiger partial charge in [0.1, 0.15) is 5.82 Å². The van der Waals surface area contributed by atoms with E-state index >= 15 is 0 Å². The van der Waals surface area contributed by atoms with Crippen LogP contribution in [0.4, 0.5) is 5.82 Å². The molecule has 1 aliphatic carbocycles. The van der Waals surface area contributed by atoms with Crippen molar-refractivity contribution < 1.29 is 9.90 Å². The quantitative estimate of drug-likeness (QED) is 0.868. The van der Waals surface area contributed by atoms with Gasteiger partial charge in [0.15, 0.2) is 0 Å². The zero-order valence-electron chi connectivity index (χ0n) is 11.1. The normalized spacial score (nSPS) is 17.1. The van der Waals surface area contributed by atoms with Crippen LogP contribution in [0, 0.1) is 0 Å². The fourth-order valence-corrected chi connectivity index (χ4v) is 2.51. The van der Waals surface area contributed by atoms with Crippen molar-refractivity contribution in [3.05, 3.63) is 22.8 Å². The summed E-state index contributed by atoms with van der Waals surface area (Å²) in [6.07, 6.45) is 4.89. The summed E-state index contributed by atoms with van der Waals surface area (Å²) in [5.41, 5.74) is 0.233. The number of hydrogen-bond donors (Lipinski definition) is 2. The summed E-state index contributed by atoms with van der Waals surface area (Å²) >= 11 is 5.79. The third-order valence-electron chi connectivity index (χ3n) is 3.92. The van der Waals surface area contributed by atoms with Crippen molar-refractivity contribution in [2.75, 3.05) is 26.0 Å². The largest absolute Gasteiger partial charge is 0.478 e. The summed E-state index contributed by atoms with van der Waals surface area (Å²) in [6, 6.07) is 1.48. The summed E-state index contributed by atoms with van der Waals surface area (Å²) in [7, 11) is 4.14. The molecule has 1 heterocycles. The average molecular weight is 284 g/mol. The highest BCUT2D eigenvalue weighted by Crippen LogP contribution is 2.36. The number of anilines is 1. The number of nitrogens with zero attached hydrogens (tertiary/aromatic N) is 2. The Morgan fingerprint density at radius 2 is 2.26 bits per heavy atom. The van der Waals surface area contributed by atoms with Crippen molar-refractivity contribution in [2.24, 2.45) is 0 Å². The molecule has 0 atom stereocenters. The van der Waals surface area contributed by atoms with Gasteiger partial charge in [0.05, 0.1) is 10.6 Å². The summed E-state index contributed by atoms with van der Waals surface area (Å²) in [5.74, 6) is -0.489. The third-order valence-corrected chi connectivity index (χ3v) is 4.22. The maximum atomic E-state index is 11.0. The monoisotopic (exact) mass is 283 g/mol. The van der Waals surface area contributed by atoms with E-state index in [-0.39, 0.29) is 16.1 Å². The minimum absolute atomic E-state index is 0.0756. The maximum absolute atomic E-state index is 11.0. The second kappa shape index (κ2) is 5.35. The molecular weight excluding hydrogens is 266 g/mol. The predicted molar refractivity (Wildman–Crippen MR) is 75.0 cm³/mol. The molecule has 2 N–H and O–H groups in total. The molecule has 0 spiro atoms. The molecule has 1 aromatic heterocycles. The molecule has 1 fully saturated rings. The van der Waals surface area contributed by atoms with Crippen LogP contribution in [0.5, 0.6) is 0 Å². The molecular formula is C13H18ClN3O2. The van der Waals surface area contributed by atoms with E-state index in [1.54, 1.807) is 0 Å². The maximum Gasteiger partial charge on any atom is 0.337 e. The van der Waals surface area contributed by atoms with E-state index in [4.69, 9.17) is 16.7 Å². The number of carbonyl (C=O) groups is 1. The van der Waals surface area contributed by atoms with E-state index in [1.165, 1.54) is 18.7 Å². The number of aromatic nitrogens is 1. The van der Waals surface area contributed by atoms with Crippen LogP contribution in [-0.2, 0) is 0 Å². The highest BCUT2D eigenvalue weighted by Gasteiger charge is 2.38. The van der Waals surface area contributed by atoms with Gasteiger partial charge in [-0.05, 0) is 39.4 Å². The first-order valence-electron chi connectivity index (χ1n) is 6.25. The van der Waals surface area contributed by atoms with Crippen LogP contribution in [-0.4, -0.2) is 47.1 Å². The van der Waals surface area contributed by atoms with Crippen molar-refractivity contribution >= 4 is 23.4 Å². The molecule has 0 saturated heterocycles. The van der Waals surface area contributed by atoms with Crippen LogP contribution in [0.15, 0.2) is 12.3 Å². The lowest BCUT2D eigenvalue weighted by Gasteiger charge is -2.47. The van der Waals surface area contributed by atoms with Gasteiger partial charge in [-0.1, -0.05) is 11.6 Å². The zero-order chi connectivity index (χ0) is 14.0. The fourth-order valence-electron chi connectivity index (χ4n) is 2.32. The molecule has 5 nitrogen and oxygen atoms in total. The van der Waals surface area contributed by atoms with Crippen LogP contribution < -0.4 is 5.32 Å². The summed E-state index contributed by atoms with van der Waals surface area (Å²) < 4.78 is 0. The van der Waals surface area contributed by atoms with Gasteiger partial charge in [0, 0.05) is 18.3 Å². The average Bonchev–Trinajstić information content (AvgIpc) is 2.28. The lowest BCUT2D eigenvalue weighted by Crippen LogP contribution is -2.54. The molecule has 6 heteroatoms. The van der Waals surface area contributed by atoms with Crippen LogP contribution in [0.1, 0.15) is 29.6 Å². The molecule has 0 aromatic carbocycles. The third kappa shape index (κ3) is 2.82. The zero-order valence-corrected chi connectivity index (χ0v) is 11.9. The Balaban J connectivity index is 2.08. The van der Waals surface area contributed by atoms with Crippen LogP contribution in [0.2, 0.25) is 5.02 Å². The lowest BCUT2D eigenvalue weighted by molar-refractivity contribution is 0.0697. The van der Waals surface area contributed by atoms with Crippen LogP contribution in [0.3, 0.4) is 0 Å². The molecule has 2 rings (SSSR count). The number of hydrogen-bond acceptors (Lipinski definition) is 4. The minimum atomic E-state index is -1.04. The number of nitrogens with one attached hydrogen (secondary N) is 1. The number of carboxylic acid groups (broad SMARTS) is 1. The number of likely N-dealkylation sites (N-methyl/N-ethyl adjacent to an activating group) is 1. The summed E-state index contributed by atoms with van der Waals surface area (Å²) in [4.78, 5) is 17.3. The Morgan fingerprint density at radius 3 is 2.74 bits per heavy atom. The highest BCUT2D eigenvalue weighted by atomic mass is 35.5. The second-order valence-electron chi connectivity index (χ2n) is 5.18. The van der Waals surface area contributed by atoms with Crippen molar-refractivity contribution in [1.82, 2.24) is 9.88 Å². The highest BCUT2D eigenvalue weighted by molar-refractivity contribution is 6.33. The topological polar surface area (TPSA) is 65.5 Å². The van der Waals surface area contributed by atoms with Crippen molar-refractivity contribution in [1.29, 1.82) is 0 Å². The number of carboxylic acids is 1. The fraction of sp³-hybridized carbons (Fsp3) is 0.538. The van der Waals surface area contributed by atoms with E-state index in [0.717, 1.165) is 19.4 Å². The first-order valence-corrected chi connectivity index (χ1v) is 6.62. The van der Waals surface area contributed by atoms with Gasteiger partial charge >= 0.3 is 5.97 Å². The number of pyridine rings is 1.